The maximum atomic E-state index is 5.39. The Morgan fingerprint density at radius 1 is 1.11 bits per heavy atom. The topological polar surface area (TPSA) is 9.23 Å². The minimum Gasteiger partial charge on any atom is -0.496 e. The van der Waals surface area contributed by atoms with Gasteiger partial charge in [0.2, 0.25) is 0 Å². The lowest BCUT2D eigenvalue weighted by atomic mass is 10.0. The van der Waals surface area contributed by atoms with Crippen LogP contribution in [0.2, 0.25) is 0 Å². The van der Waals surface area contributed by atoms with Crippen molar-refractivity contribution < 1.29 is 4.74 Å². The summed E-state index contributed by atoms with van der Waals surface area (Å²) in [6.45, 7) is 0. The molecular weight excluding hydrogens is 436 g/mol. The summed E-state index contributed by atoms with van der Waals surface area (Å²) in [7, 11) is 1.71. The summed E-state index contributed by atoms with van der Waals surface area (Å²) in [6, 6.07) is 14.3. The quantitative estimate of drug-likeness (QED) is 0.529. The van der Waals surface area contributed by atoms with Crippen molar-refractivity contribution >= 4 is 47.8 Å². The van der Waals surface area contributed by atoms with Crippen molar-refractivity contribution in [1.82, 2.24) is 0 Å². The Morgan fingerprint density at radius 3 is 2.53 bits per heavy atom. The molecule has 0 aliphatic rings. The Labute approximate surface area is 138 Å². The summed E-state index contributed by atoms with van der Waals surface area (Å²) in [5, 5.41) is 0. The minimum atomic E-state index is 0.242. The first-order chi connectivity index (χ1) is 9.11. The summed E-state index contributed by atoms with van der Waals surface area (Å²) in [5.74, 6) is 0.931. The van der Waals surface area contributed by atoms with Gasteiger partial charge in [-0.2, -0.15) is 0 Å². The van der Waals surface area contributed by atoms with Crippen LogP contribution < -0.4 is 4.74 Å². The third-order valence-electron chi connectivity index (χ3n) is 2.89. The molecule has 0 saturated heterocycles. The van der Waals surface area contributed by atoms with E-state index in [1.807, 2.05) is 18.2 Å². The molecule has 100 valence electrons. The Morgan fingerprint density at radius 2 is 1.84 bits per heavy atom. The largest absolute Gasteiger partial charge is 0.496 e. The molecule has 0 N–H and O–H groups in total. The maximum Gasteiger partial charge on any atom is 0.122 e. The second-order valence-electron chi connectivity index (χ2n) is 4.15. The van der Waals surface area contributed by atoms with Gasteiger partial charge in [-0.05, 0) is 35.7 Å². The highest BCUT2D eigenvalue weighted by atomic mass is 79.9. The van der Waals surface area contributed by atoms with Crippen LogP contribution in [0.15, 0.2) is 51.4 Å². The van der Waals surface area contributed by atoms with Gasteiger partial charge >= 0.3 is 0 Å². The van der Waals surface area contributed by atoms with Crippen LogP contribution in [0.3, 0.4) is 0 Å². The van der Waals surface area contributed by atoms with Gasteiger partial charge < -0.3 is 4.74 Å². The van der Waals surface area contributed by atoms with Crippen LogP contribution in [0.1, 0.15) is 16.0 Å². The Hall–Kier alpha value is -0.320. The van der Waals surface area contributed by atoms with Crippen molar-refractivity contribution in [2.75, 3.05) is 7.11 Å². The van der Waals surface area contributed by atoms with Crippen molar-refractivity contribution in [2.24, 2.45) is 0 Å². The Balaban J connectivity index is 2.23. The number of ether oxygens (including phenoxy) is 1. The lowest BCUT2D eigenvalue weighted by molar-refractivity contribution is 0.409. The molecule has 2 aromatic rings. The molecule has 1 nitrogen and oxygen atoms in total. The normalized spacial score (nSPS) is 12.2. The highest BCUT2D eigenvalue weighted by Crippen LogP contribution is 2.35. The Kier molecular flexibility index (Phi) is 5.48. The SMILES string of the molecule is COc1ccccc1CC(Br)c1ccc(Br)cc1Br. The standard InChI is InChI=1S/C15H13Br3O/c1-19-15-5-3-2-4-10(15)8-13(17)12-7-6-11(16)9-14(12)18/h2-7,9,13H,8H2,1H3. The van der Waals surface area contributed by atoms with Gasteiger partial charge in [0.1, 0.15) is 5.75 Å². The first-order valence-corrected chi connectivity index (χ1v) is 8.33. The summed E-state index contributed by atoms with van der Waals surface area (Å²) < 4.78 is 7.56. The van der Waals surface area contributed by atoms with Crippen LogP contribution >= 0.6 is 47.8 Å². The molecule has 2 aromatic carbocycles. The van der Waals surface area contributed by atoms with Gasteiger partial charge in [-0.1, -0.05) is 72.1 Å². The van der Waals surface area contributed by atoms with Crippen LogP contribution in [0, 0.1) is 0 Å². The molecule has 0 radical (unpaired) electrons. The lowest BCUT2D eigenvalue weighted by Crippen LogP contribution is -1.99. The van der Waals surface area contributed by atoms with E-state index in [9.17, 15) is 0 Å². The van der Waals surface area contributed by atoms with Crippen molar-refractivity contribution in [3.05, 3.63) is 62.5 Å². The van der Waals surface area contributed by atoms with Gasteiger partial charge in [0.15, 0.2) is 0 Å². The average Bonchev–Trinajstić information content (AvgIpc) is 2.39. The highest BCUT2D eigenvalue weighted by Gasteiger charge is 2.14. The number of alkyl halides is 1. The fraction of sp³-hybridized carbons (Fsp3) is 0.200. The molecule has 0 saturated carbocycles. The van der Waals surface area contributed by atoms with E-state index in [2.05, 4.69) is 72.1 Å². The van der Waals surface area contributed by atoms with Crippen LogP contribution in [0.25, 0.3) is 0 Å². The van der Waals surface area contributed by atoms with Crippen LogP contribution in [-0.4, -0.2) is 7.11 Å². The molecule has 0 heterocycles. The summed E-state index contributed by atoms with van der Waals surface area (Å²) >= 11 is 10.8. The van der Waals surface area contributed by atoms with Crippen molar-refractivity contribution in [1.29, 1.82) is 0 Å². The smallest absolute Gasteiger partial charge is 0.122 e. The average molecular weight is 449 g/mol. The predicted molar refractivity (Wildman–Crippen MR) is 90.2 cm³/mol. The number of rotatable bonds is 4. The molecule has 1 atom stereocenters. The van der Waals surface area contributed by atoms with Crippen molar-refractivity contribution in [2.45, 2.75) is 11.2 Å². The van der Waals surface area contributed by atoms with E-state index < -0.39 is 0 Å². The van der Waals surface area contributed by atoms with Gasteiger partial charge in [0, 0.05) is 13.8 Å². The molecule has 2 rings (SSSR count). The molecular formula is C15H13Br3O. The predicted octanol–water partition coefficient (Wildman–Crippen LogP) is 5.90. The molecule has 4 heteroatoms. The third-order valence-corrected chi connectivity index (χ3v) is 4.89. The third kappa shape index (κ3) is 3.83. The van der Waals surface area contributed by atoms with Crippen molar-refractivity contribution in [3.63, 3.8) is 0 Å². The zero-order valence-electron chi connectivity index (χ0n) is 10.4. The van der Waals surface area contributed by atoms with Crippen molar-refractivity contribution in [3.8, 4) is 5.75 Å². The molecule has 0 aliphatic carbocycles. The maximum absolute atomic E-state index is 5.39. The molecule has 0 spiro atoms. The lowest BCUT2D eigenvalue weighted by Gasteiger charge is -2.15. The van der Waals surface area contributed by atoms with E-state index in [-0.39, 0.29) is 4.83 Å². The minimum absolute atomic E-state index is 0.242. The van der Waals surface area contributed by atoms with E-state index in [1.165, 1.54) is 11.1 Å². The molecule has 19 heavy (non-hydrogen) atoms. The molecule has 0 aliphatic heterocycles. The van der Waals surface area contributed by atoms with E-state index in [4.69, 9.17) is 4.74 Å². The van der Waals surface area contributed by atoms with E-state index in [0.29, 0.717) is 0 Å². The Bertz CT molecular complexity index is 569. The zero-order chi connectivity index (χ0) is 13.8. The van der Waals surface area contributed by atoms with Crippen LogP contribution in [-0.2, 0) is 6.42 Å². The molecule has 0 bridgehead atoms. The molecule has 0 fully saturated rings. The van der Waals surface area contributed by atoms with Gasteiger partial charge in [-0.3, -0.25) is 0 Å². The monoisotopic (exact) mass is 446 g/mol. The first kappa shape index (κ1) is 15.1. The van der Waals surface area contributed by atoms with Gasteiger partial charge in [-0.15, -0.1) is 0 Å². The number of hydrogen-bond acceptors (Lipinski definition) is 1. The number of para-hydroxylation sites is 1. The summed E-state index contributed by atoms with van der Waals surface area (Å²) in [4.78, 5) is 0.242. The second-order valence-corrected chi connectivity index (χ2v) is 7.02. The molecule has 0 amide bonds. The molecule has 1 unspecified atom stereocenters. The van der Waals surface area contributed by atoms with Gasteiger partial charge in [0.25, 0.3) is 0 Å². The zero-order valence-corrected chi connectivity index (χ0v) is 15.1. The first-order valence-electron chi connectivity index (χ1n) is 5.82. The highest BCUT2D eigenvalue weighted by molar-refractivity contribution is 9.11. The van der Waals surface area contributed by atoms with Crippen LogP contribution in [0.5, 0.6) is 5.75 Å². The number of methoxy groups -OCH3 is 1. The van der Waals surface area contributed by atoms with E-state index in [0.717, 1.165) is 21.1 Å². The summed E-state index contributed by atoms with van der Waals surface area (Å²) in [6.07, 6.45) is 0.879. The number of benzene rings is 2. The van der Waals surface area contributed by atoms with E-state index >= 15 is 0 Å². The fourth-order valence-electron chi connectivity index (χ4n) is 1.93. The fourth-order valence-corrected chi connectivity index (χ4v) is 4.31. The van der Waals surface area contributed by atoms with Crippen LogP contribution in [0.4, 0.5) is 0 Å². The molecule has 0 aromatic heterocycles. The summed E-state index contributed by atoms with van der Waals surface area (Å²) in [5.41, 5.74) is 2.43. The van der Waals surface area contributed by atoms with Gasteiger partial charge in [-0.25, -0.2) is 0 Å². The second kappa shape index (κ2) is 6.91. The van der Waals surface area contributed by atoms with Gasteiger partial charge in [0.05, 0.1) is 7.11 Å². The van der Waals surface area contributed by atoms with E-state index in [1.54, 1.807) is 7.11 Å². The number of halogens is 3. The number of hydrogen-bond donors (Lipinski definition) is 0.